The molecule has 0 unspecified atom stereocenters. The molecule has 6 nitrogen and oxygen atoms in total. The summed E-state index contributed by atoms with van der Waals surface area (Å²) >= 11 is 6.16. The second-order valence-corrected chi connectivity index (χ2v) is 9.44. The number of hydrogen-bond donors (Lipinski definition) is 1. The van der Waals surface area contributed by atoms with Gasteiger partial charge in [-0.1, -0.05) is 17.7 Å². The van der Waals surface area contributed by atoms with Crippen LogP contribution >= 0.6 is 11.6 Å². The number of carbonyl (C=O) groups excluding carboxylic acids is 1. The van der Waals surface area contributed by atoms with E-state index in [0.29, 0.717) is 13.2 Å². The lowest BCUT2D eigenvalue weighted by Crippen LogP contribution is -2.32. The van der Waals surface area contributed by atoms with Gasteiger partial charge in [-0.05, 0) is 69.2 Å². The molecule has 0 spiro atoms. The number of likely N-dealkylation sites (N-methyl/N-ethyl adjacent to an activating group) is 1. The Morgan fingerprint density at radius 2 is 1.76 bits per heavy atom. The summed E-state index contributed by atoms with van der Waals surface area (Å²) in [5.41, 5.74) is 2.33. The maximum absolute atomic E-state index is 12.8. The average Bonchev–Trinajstić information content (AvgIpc) is 2.59. The van der Waals surface area contributed by atoms with Crippen LogP contribution in [0.3, 0.4) is 0 Å². The van der Waals surface area contributed by atoms with Crippen molar-refractivity contribution < 1.29 is 17.9 Å². The first-order valence-corrected chi connectivity index (χ1v) is 11.1. The summed E-state index contributed by atoms with van der Waals surface area (Å²) in [5.74, 6) is 0.370. The first-order chi connectivity index (χ1) is 13.5. The molecule has 0 aliphatic carbocycles. The number of hydrogen-bond acceptors (Lipinski definition) is 4. The molecule has 1 amide bonds. The number of aryl methyl sites for hydroxylation is 2. The van der Waals surface area contributed by atoms with E-state index in [1.807, 2.05) is 26.0 Å². The summed E-state index contributed by atoms with van der Waals surface area (Å²) in [4.78, 5) is 14.2. The van der Waals surface area contributed by atoms with Crippen LogP contribution in [0.5, 0.6) is 5.75 Å². The molecule has 0 radical (unpaired) electrons. The lowest BCUT2D eigenvalue weighted by Gasteiger charge is -2.19. The van der Waals surface area contributed by atoms with E-state index in [1.54, 1.807) is 20.9 Å². The Morgan fingerprint density at radius 3 is 2.34 bits per heavy atom. The van der Waals surface area contributed by atoms with Crippen molar-refractivity contribution in [2.75, 3.05) is 20.2 Å². The number of rotatable bonds is 8. The van der Waals surface area contributed by atoms with E-state index in [4.69, 9.17) is 16.3 Å². The molecule has 2 aromatic carbocycles. The Bertz CT molecular complexity index is 970. The number of nitrogens with zero attached hydrogens (tertiary/aromatic N) is 1. The fraction of sp³-hybridized carbons (Fsp3) is 0.381. The van der Waals surface area contributed by atoms with Crippen LogP contribution in [0.25, 0.3) is 0 Å². The van der Waals surface area contributed by atoms with Crippen LogP contribution in [0, 0.1) is 13.8 Å². The summed E-state index contributed by atoms with van der Waals surface area (Å²) in [6, 6.07) is 9.76. The van der Waals surface area contributed by atoms with Crippen LogP contribution in [0.4, 0.5) is 0 Å². The Morgan fingerprint density at radius 1 is 1.14 bits per heavy atom. The highest BCUT2D eigenvalue weighted by Crippen LogP contribution is 2.22. The van der Waals surface area contributed by atoms with Crippen molar-refractivity contribution in [2.24, 2.45) is 0 Å². The number of carbonyl (C=O) groups is 1. The van der Waals surface area contributed by atoms with Gasteiger partial charge < -0.3 is 9.64 Å². The molecule has 1 N–H and O–H groups in total. The highest BCUT2D eigenvalue weighted by atomic mass is 35.5. The van der Waals surface area contributed by atoms with Crippen molar-refractivity contribution in [1.29, 1.82) is 0 Å². The van der Waals surface area contributed by atoms with Crippen LogP contribution in [-0.2, 0) is 10.0 Å². The molecule has 0 aliphatic heterocycles. The molecule has 0 aromatic heterocycles. The third-order valence-corrected chi connectivity index (χ3v) is 6.09. The molecule has 0 atom stereocenters. The van der Waals surface area contributed by atoms with Crippen LogP contribution in [-0.4, -0.2) is 45.5 Å². The van der Waals surface area contributed by atoms with Gasteiger partial charge in [0, 0.05) is 13.1 Å². The molecule has 0 fully saturated rings. The number of halogens is 1. The minimum atomic E-state index is -3.72. The van der Waals surface area contributed by atoms with Crippen LogP contribution in [0.1, 0.15) is 35.3 Å². The van der Waals surface area contributed by atoms with Gasteiger partial charge >= 0.3 is 0 Å². The maximum Gasteiger partial charge on any atom is 0.255 e. The van der Waals surface area contributed by atoms with E-state index in [-0.39, 0.29) is 27.4 Å². The molecule has 2 rings (SSSR count). The Labute approximate surface area is 177 Å². The molecule has 0 bridgehead atoms. The minimum Gasteiger partial charge on any atom is -0.492 e. The maximum atomic E-state index is 12.8. The van der Waals surface area contributed by atoms with Gasteiger partial charge in [0.2, 0.25) is 10.0 Å². The van der Waals surface area contributed by atoms with Gasteiger partial charge in [-0.15, -0.1) is 0 Å². The van der Waals surface area contributed by atoms with Gasteiger partial charge in [0.05, 0.1) is 22.0 Å². The largest absolute Gasteiger partial charge is 0.492 e. The Hall–Kier alpha value is -2.09. The van der Waals surface area contributed by atoms with Crippen molar-refractivity contribution in [2.45, 2.75) is 38.6 Å². The predicted molar refractivity (Wildman–Crippen MR) is 115 cm³/mol. The smallest absolute Gasteiger partial charge is 0.255 e. The fourth-order valence-electron chi connectivity index (χ4n) is 2.84. The normalized spacial score (nSPS) is 11.6. The Balaban J connectivity index is 2.09. The third kappa shape index (κ3) is 6.45. The van der Waals surface area contributed by atoms with Crippen molar-refractivity contribution in [3.05, 3.63) is 58.1 Å². The minimum absolute atomic E-state index is 0.00108. The van der Waals surface area contributed by atoms with Gasteiger partial charge in [-0.3, -0.25) is 4.79 Å². The highest BCUT2D eigenvalue weighted by molar-refractivity contribution is 7.89. The van der Waals surface area contributed by atoms with E-state index in [2.05, 4.69) is 10.8 Å². The van der Waals surface area contributed by atoms with Crippen LogP contribution in [0.2, 0.25) is 5.02 Å². The third-order valence-electron chi connectivity index (χ3n) is 4.11. The van der Waals surface area contributed by atoms with Crippen molar-refractivity contribution in [3.8, 4) is 5.75 Å². The highest BCUT2D eigenvalue weighted by Gasteiger charge is 2.21. The lowest BCUT2D eigenvalue weighted by molar-refractivity contribution is 0.0773. The molecule has 0 heterocycles. The van der Waals surface area contributed by atoms with Gasteiger partial charge in [-0.2, -0.15) is 0 Å². The number of nitrogens with one attached hydrogen (secondary N) is 1. The van der Waals surface area contributed by atoms with Gasteiger partial charge in [-0.25, -0.2) is 13.1 Å². The van der Waals surface area contributed by atoms with Gasteiger partial charge in [0.1, 0.15) is 12.4 Å². The zero-order chi connectivity index (χ0) is 21.8. The van der Waals surface area contributed by atoms with Crippen molar-refractivity contribution in [3.63, 3.8) is 0 Å². The molecule has 158 valence electrons. The first-order valence-electron chi connectivity index (χ1n) is 9.28. The number of sulfonamides is 1. The summed E-state index contributed by atoms with van der Waals surface area (Å²) < 4.78 is 33.0. The molecule has 8 heteroatoms. The summed E-state index contributed by atoms with van der Waals surface area (Å²) in [5, 5.41) is 0.195. The predicted octanol–water partition coefficient (Wildman–Crippen LogP) is 3.79. The first kappa shape index (κ1) is 23.2. The zero-order valence-electron chi connectivity index (χ0n) is 17.3. The van der Waals surface area contributed by atoms with E-state index >= 15 is 0 Å². The van der Waals surface area contributed by atoms with Crippen LogP contribution < -0.4 is 9.46 Å². The SMILES string of the molecule is Cc1cc(C)cc(OCCN(C)C(=O)c2cc(S(=O)(=O)NC(C)C)ccc2Cl)c1. The quantitative estimate of drug-likeness (QED) is 0.680. The van der Waals surface area contributed by atoms with Gasteiger partial charge in [0.15, 0.2) is 0 Å². The summed E-state index contributed by atoms with van der Waals surface area (Å²) in [7, 11) is -2.10. The second kappa shape index (κ2) is 9.61. The fourth-order valence-corrected chi connectivity index (χ4v) is 4.31. The molecule has 0 saturated carbocycles. The molecular formula is C21H27ClN2O4S. The van der Waals surface area contributed by atoms with Gasteiger partial charge in [0.25, 0.3) is 5.91 Å². The average molecular weight is 439 g/mol. The molecule has 0 saturated heterocycles. The van der Waals surface area contributed by atoms with E-state index in [0.717, 1.165) is 16.9 Å². The van der Waals surface area contributed by atoms with Crippen LogP contribution in [0.15, 0.2) is 41.3 Å². The molecule has 29 heavy (non-hydrogen) atoms. The number of ether oxygens (including phenoxy) is 1. The zero-order valence-corrected chi connectivity index (χ0v) is 18.9. The summed E-state index contributed by atoms with van der Waals surface area (Å²) in [6.45, 7) is 8.06. The standard InChI is InChI=1S/C21H27ClN2O4S/c1-14(2)23-29(26,27)18-6-7-20(22)19(13-18)21(25)24(5)8-9-28-17-11-15(3)10-16(4)12-17/h6-7,10-14,23H,8-9H2,1-5H3. The number of amides is 1. The topological polar surface area (TPSA) is 75.7 Å². The second-order valence-electron chi connectivity index (χ2n) is 7.32. The molecule has 0 aliphatic rings. The molecular weight excluding hydrogens is 412 g/mol. The summed E-state index contributed by atoms with van der Waals surface area (Å²) in [6.07, 6.45) is 0. The molecule has 2 aromatic rings. The van der Waals surface area contributed by atoms with E-state index in [1.165, 1.54) is 23.1 Å². The van der Waals surface area contributed by atoms with E-state index < -0.39 is 10.0 Å². The Kier molecular flexibility index (Phi) is 7.68. The van der Waals surface area contributed by atoms with Crippen molar-refractivity contribution in [1.82, 2.24) is 9.62 Å². The van der Waals surface area contributed by atoms with E-state index in [9.17, 15) is 13.2 Å². The number of benzene rings is 2. The lowest BCUT2D eigenvalue weighted by atomic mass is 10.1. The van der Waals surface area contributed by atoms with Crippen molar-refractivity contribution >= 4 is 27.5 Å². The monoisotopic (exact) mass is 438 g/mol.